The van der Waals surface area contributed by atoms with Gasteiger partial charge in [-0.15, -0.1) is 10.2 Å². The Bertz CT molecular complexity index is 627. The SMILES string of the molecule is CC(=O)Nc1nnc(S(=O)(=O)N[C@H]2C[C@@H]3CC[C@@H]2C3)s1. The van der Waals surface area contributed by atoms with Crippen molar-refractivity contribution in [2.75, 3.05) is 5.32 Å². The van der Waals surface area contributed by atoms with Crippen LogP contribution in [0.15, 0.2) is 4.34 Å². The fourth-order valence-electron chi connectivity index (χ4n) is 3.16. The Morgan fingerprint density at radius 2 is 2.10 bits per heavy atom. The van der Waals surface area contributed by atoms with E-state index in [1.807, 2.05) is 0 Å². The molecule has 1 aromatic heterocycles. The van der Waals surface area contributed by atoms with Crippen molar-refractivity contribution in [1.82, 2.24) is 14.9 Å². The van der Waals surface area contributed by atoms with E-state index in [2.05, 4.69) is 20.2 Å². The van der Waals surface area contributed by atoms with E-state index in [0.29, 0.717) is 11.8 Å². The topological polar surface area (TPSA) is 101 Å². The van der Waals surface area contributed by atoms with Crippen LogP contribution in [-0.4, -0.2) is 30.6 Å². The van der Waals surface area contributed by atoms with E-state index in [1.165, 1.54) is 13.3 Å². The van der Waals surface area contributed by atoms with E-state index in [9.17, 15) is 13.2 Å². The van der Waals surface area contributed by atoms with Crippen LogP contribution in [0.3, 0.4) is 0 Å². The number of rotatable bonds is 4. The van der Waals surface area contributed by atoms with Crippen molar-refractivity contribution >= 4 is 32.4 Å². The first-order valence-corrected chi connectivity index (χ1v) is 8.87. The van der Waals surface area contributed by atoms with Crippen molar-refractivity contribution < 1.29 is 13.2 Å². The molecule has 2 aliphatic rings. The van der Waals surface area contributed by atoms with Gasteiger partial charge in [-0.25, -0.2) is 13.1 Å². The first-order chi connectivity index (χ1) is 9.44. The van der Waals surface area contributed by atoms with Crippen molar-refractivity contribution in [2.45, 2.75) is 43.0 Å². The van der Waals surface area contributed by atoms with Crippen LogP contribution >= 0.6 is 11.3 Å². The quantitative estimate of drug-likeness (QED) is 0.806. The molecule has 0 aliphatic heterocycles. The van der Waals surface area contributed by atoms with E-state index in [1.54, 1.807) is 0 Å². The highest BCUT2D eigenvalue weighted by Crippen LogP contribution is 2.44. The zero-order chi connectivity index (χ0) is 14.3. The van der Waals surface area contributed by atoms with Crippen LogP contribution in [0.25, 0.3) is 0 Å². The lowest BCUT2D eigenvalue weighted by Crippen LogP contribution is -2.38. The van der Waals surface area contributed by atoms with Crippen molar-refractivity contribution in [1.29, 1.82) is 0 Å². The van der Waals surface area contributed by atoms with Gasteiger partial charge in [0.2, 0.25) is 15.4 Å². The predicted octanol–water partition coefficient (Wildman–Crippen LogP) is 0.963. The Morgan fingerprint density at radius 3 is 2.70 bits per heavy atom. The smallest absolute Gasteiger partial charge is 0.270 e. The summed E-state index contributed by atoms with van der Waals surface area (Å²) in [5, 5.41) is 9.94. The van der Waals surface area contributed by atoms with Crippen molar-refractivity contribution in [3.63, 3.8) is 0 Å². The molecule has 0 spiro atoms. The van der Waals surface area contributed by atoms with Crippen LogP contribution in [0.2, 0.25) is 0 Å². The number of carbonyl (C=O) groups excluding carboxylic acids is 1. The first-order valence-electron chi connectivity index (χ1n) is 6.57. The van der Waals surface area contributed by atoms with Gasteiger partial charge in [-0.05, 0) is 31.1 Å². The minimum absolute atomic E-state index is 0.0202. The van der Waals surface area contributed by atoms with Crippen molar-refractivity contribution in [3.8, 4) is 0 Å². The van der Waals surface area contributed by atoms with Gasteiger partial charge in [0.15, 0.2) is 0 Å². The molecule has 1 amide bonds. The monoisotopic (exact) mass is 316 g/mol. The second-order valence-electron chi connectivity index (χ2n) is 5.46. The zero-order valence-electron chi connectivity index (χ0n) is 11.0. The van der Waals surface area contributed by atoms with Gasteiger partial charge in [-0.3, -0.25) is 4.79 Å². The minimum atomic E-state index is -3.64. The van der Waals surface area contributed by atoms with Crippen LogP contribution in [0.5, 0.6) is 0 Å². The third-order valence-electron chi connectivity index (χ3n) is 3.96. The molecule has 0 unspecified atom stereocenters. The molecule has 7 nitrogen and oxygen atoms in total. The Kier molecular flexibility index (Phi) is 3.51. The van der Waals surface area contributed by atoms with Gasteiger partial charge in [-0.1, -0.05) is 17.8 Å². The van der Waals surface area contributed by atoms with Gasteiger partial charge in [0.05, 0.1) is 0 Å². The van der Waals surface area contributed by atoms with Gasteiger partial charge < -0.3 is 5.32 Å². The average Bonchev–Trinajstić information content (AvgIpc) is 3.02. The number of sulfonamides is 1. The fraction of sp³-hybridized carbons (Fsp3) is 0.727. The molecule has 2 aliphatic carbocycles. The molecular formula is C11H16N4O3S2. The number of hydrogen-bond acceptors (Lipinski definition) is 6. The molecule has 1 aromatic rings. The van der Waals surface area contributed by atoms with Crippen LogP contribution in [-0.2, 0) is 14.8 Å². The van der Waals surface area contributed by atoms with E-state index in [-0.39, 0.29) is 21.4 Å². The number of nitrogens with one attached hydrogen (secondary N) is 2. The van der Waals surface area contributed by atoms with Gasteiger partial charge in [0.25, 0.3) is 10.0 Å². The second kappa shape index (κ2) is 5.05. The molecular weight excluding hydrogens is 300 g/mol. The molecule has 110 valence electrons. The number of nitrogens with zero attached hydrogens (tertiary/aromatic N) is 2. The summed E-state index contributed by atoms with van der Waals surface area (Å²) in [6.07, 6.45) is 4.36. The van der Waals surface area contributed by atoms with E-state index in [4.69, 9.17) is 0 Å². The number of carbonyl (C=O) groups is 1. The average molecular weight is 316 g/mol. The summed E-state index contributed by atoms with van der Waals surface area (Å²) >= 11 is 0.867. The molecule has 9 heteroatoms. The highest BCUT2D eigenvalue weighted by atomic mass is 32.2. The molecule has 3 atom stereocenters. The largest absolute Gasteiger partial charge is 0.301 e. The maximum atomic E-state index is 12.2. The lowest BCUT2D eigenvalue weighted by atomic mass is 9.96. The van der Waals surface area contributed by atoms with Gasteiger partial charge in [0.1, 0.15) is 0 Å². The third kappa shape index (κ3) is 2.70. The highest BCUT2D eigenvalue weighted by Gasteiger charge is 2.41. The lowest BCUT2D eigenvalue weighted by molar-refractivity contribution is -0.114. The van der Waals surface area contributed by atoms with Crippen molar-refractivity contribution in [3.05, 3.63) is 0 Å². The first kappa shape index (κ1) is 13.9. The maximum Gasteiger partial charge on any atom is 0.270 e. The molecule has 2 saturated carbocycles. The standard InChI is InChI=1S/C11H16N4O3S2/c1-6(16)12-10-13-14-11(19-10)20(17,18)15-9-5-7-2-3-8(9)4-7/h7-9,15H,2-5H2,1H3,(H,12,13,16)/t7-,8-,9+/m1/s1. The summed E-state index contributed by atoms with van der Waals surface area (Å²) in [6.45, 7) is 1.34. The highest BCUT2D eigenvalue weighted by molar-refractivity contribution is 7.91. The number of amides is 1. The Labute approximate surface area is 121 Å². The minimum Gasteiger partial charge on any atom is -0.301 e. The van der Waals surface area contributed by atoms with E-state index < -0.39 is 10.0 Å². The van der Waals surface area contributed by atoms with Crippen LogP contribution in [0.1, 0.15) is 32.6 Å². The van der Waals surface area contributed by atoms with Crippen molar-refractivity contribution in [2.24, 2.45) is 11.8 Å². The van der Waals surface area contributed by atoms with Gasteiger partial charge in [0, 0.05) is 13.0 Å². The molecule has 0 aromatic carbocycles. The Morgan fingerprint density at radius 1 is 1.30 bits per heavy atom. The Balaban J connectivity index is 1.71. The number of hydrogen-bond donors (Lipinski definition) is 2. The summed E-state index contributed by atoms with van der Waals surface area (Å²) in [4.78, 5) is 10.9. The molecule has 0 saturated heterocycles. The summed E-state index contributed by atoms with van der Waals surface area (Å²) < 4.78 is 27.1. The molecule has 2 N–H and O–H groups in total. The van der Waals surface area contributed by atoms with Crippen LogP contribution < -0.4 is 10.0 Å². The van der Waals surface area contributed by atoms with Crippen LogP contribution in [0.4, 0.5) is 5.13 Å². The second-order valence-corrected chi connectivity index (χ2v) is 8.32. The molecule has 1 heterocycles. The molecule has 3 rings (SSSR count). The third-order valence-corrected chi connectivity index (χ3v) is 6.66. The van der Waals surface area contributed by atoms with E-state index >= 15 is 0 Å². The summed E-state index contributed by atoms with van der Waals surface area (Å²) in [7, 11) is -3.64. The summed E-state index contributed by atoms with van der Waals surface area (Å²) in [5.74, 6) is 0.820. The molecule has 2 bridgehead atoms. The molecule has 0 radical (unpaired) electrons. The van der Waals surface area contributed by atoms with Gasteiger partial charge in [-0.2, -0.15) is 0 Å². The predicted molar refractivity (Wildman–Crippen MR) is 73.8 cm³/mol. The maximum absolute atomic E-state index is 12.2. The summed E-state index contributed by atoms with van der Waals surface area (Å²) in [6, 6.07) is 0.0202. The van der Waals surface area contributed by atoms with E-state index in [0.717, 1.165) is 30.6 Å². The fourth-order valence-corrected chi connectivity index (χ4v) is 5.44. The van der Waals surface area contributed by atoms with Crippen LogP contribution in [0, 0.1) is 11.8 Å². The lowest BCUT2D eigenvalue weighted by Gasteiger charge is -2.21. The molecule has 20 heavy (non-hydrogen) atoms. The normalized spacial score (nSPS) is 28.8. The number of anilines is 1. The summed E-state index contributed by atoms with van der Waals surface area (Å²) in [5.41, 5.74) is 0. The number of aromatic nitrogens is 2. The number of fused-ring (bicyclic) bond motifs is 2. The Hall–Kier alpha value is -1.06. The van der Waals surface area contributed by atoms with Gasteiger partial charge >= 0.3 is 0 Å². The molecule has 2 fully saturated rings. The zero-order valence-corrected chi connectivity index (χ0v) is 12.6.